The van der Waals surface area contributed by atoms with Crippen molar-refractivity contribution in [3.05, 3.63) is 35.9 Å². The molecule has 4 heteroatoms. The smallest absolute Gasteiger partial charge is 0.427 e. The first-order chi connectivity index (χ1) is 7.24. The Balaban J connectivity index is 2.57. The maximum Gasteiger partial charge on any atom is 0.427 e. The zero-order valence-electron chi connectivity index (χ0n) is 8.86. The Morgan fingerprint density at radius 2 is 2.07 bits per heavy atom. The molecule has 0 atom stereocenters. The lowest BCUT2D eigenvalue weighted by molar-refractivity contribution is 0.152. The molecular weight excluding hydrogens is 192 g/mol. The first-order valence-corrected chi connectivity index (χ1v) is 4.76. The van der Waals surface area contributed by atoms with Crippen LogP contribution < -0.4 is 5.43 Å². The zero-order chi connectivity index (χ0) is 11.1. The van der Waals surface area contributed by atoms with E-state index < -0.39 is 6.09 Å². The monoisotopic (exact) mass is 206 g/mol. The van der Waals surface area contributed by atoms with Crippen LogP contribution in [0.4, 0.5) is 4.79 Å². The number of amides is 1. The van der Waals surface area contributed by atoms with E-state index in [9.17, 15) is 4.79 Å². The Hall–Kier alpha value is -1.84. The van der Waals surface area contributed by atoms with Gasteiger partial charge in [0.1, 0.15) is 0 Å². The summed E-state index contributed by atoms with van der Waals surface area (Å²) in [6, 6.07) is 9.60. The minimum atomic E-state index is -0.534. The molecule has 0 aliphatic rings. The molecule has 0 saturated heterocycles. The summed E-state index contributed by atoms with van der Waals surface area (Å²) in [6.07, 6.45) is -0.534. The SMILES string of the molecule is CCOC(=O)N/N=C(\C)c1ccccc1. The number of hydrogen-bond acceptors (Lipinski definition) is 3. The molecule has 1 amide bonds. The summed E-state index contributed by atoms with van der Waals surface area (Å²) >= 11 is 0. The maximum atomic E-state index is 10.9. The van der Waals surface area contributed by atoms with Crippen molar-refractivity contribution in [3.8, 4) is 0 Å². The third kappa shape index (κ3) is 3.81. The molecule has 0 aliphatic heterocycles. The van der Waals surface area contributed by atoms with E-state index in [1.165, 1.54) is 0 Å². The average Bonchev–Trinajstić information content (AvgIpc) is 2.27. The molecule has 0 spiro atoms. The Morgan fingerprint density at radius 1 is 1.40 bits per heavy atom. The van der Waals surface area contributed by atoms with E-state index in [-0.39, 0.29) is 0 Å². The molecule has 0 bridgehead atoms. The minimum Gasteiger partial charge on any atom is -0.449 e. The van der Waals surface area contributed by atoms with Gasteiger partial charge < -0.3 is 4.74 Å². The fourth-order valence-electron chi connectivity index (χ4n) is 1.04. The molecule has 4 nitrogen and oxygen atoms in total. The highest BCUT2D eigenvalue weighted by molar-refractivity contribution is 5.98. The van der Waals surface area contributed by atoms with Crippen molar-refractivity contribution < 1.29 is 9.53 Å². The number of nitrogens with zero attached hydrogens (tertiary/aromatic N) is 1. The highest BCUT2D eigenvalue weighted by Crippen LogP contribution is 1.99. The summed E-state index contributed by atoms with van der Waals surface area (Å²) in [4.78, 5) is 10.9. The van der Waals surface area contributed by atoms with Gasteiger partial charge >= 0.3 is 6.09 Å². The summed E-state index contributed by atoms with van der Waals surface area (Å²) in [5.41, 5.74) is 4.02. The molecule has 0 heterocycles. The first kappa shape index (κ1) is 11.2. The second-order valence-electron chi connectivity index (χ2n) is 2.90. The lowest BCUT2D eigenvalue weighted by atomic mass is 10.1. The number of carbonyl (C=O) groups is 1. The van der Waals surface area contributed by atoms with Gasteiger partial charge in [-0.25, -0.2) is 10.2 Å². The maximum absolute atomic E-state index is 10.9. The van der Waals surface area contributed by atoms with Gasteiger partial charge in [0.05, 0.1) is 12.3 Å². The molecule has 0 aliphatic carbocycles. The van der Waals surface area contributed by atoms with Crippen LogP contribution in [0.25, 0.3) is 0 Å². The average molecular weight is 206 g/mol. The van der Waals surface area contributed by atoms with Gasteiger partial charge in [-0.15, -0.1) is 0 Å². The van der Waals surface area contributed by atoms with E-state index >= 15 is 0 Å². The highest BCUT2D eigenvalue weighted by Gasteiger charge is 1.99. The normalized spacial score (nSPS) is 10.9. The van der Waals surface area contributed by atoms with E-state index in [1.807, 2.05) is 37.3 Å². The lowest BCUT2D eigenvalue weighted by Crippen LogP contribution is -2.20. The number of benzene rings is 1. The molecule has 80 valence electrons. The van der Waals surface area contributed by atoms with Crippen LogP contribution in [0, 0.1) is 0 Å². The van der Waals surface area contributed by atoms with Gasteiger partial charge in [0.2, 0.25) is 0 Å². The van der Waals surface area contributed by atoms with Crippen molar-refractivity contribution in [1.29, 1.82) is 0 Å². The lowest BCUT2D eigenvalue weighted by Gasteiger charge is -2.02. The van der Waals surface area contributed by atoms with Crippen LogP contribution in [0.2, 0.25) is 0 Å². The van der Waals surface area contributed by atoms with Crippen molar-refractivity contribution in [1.82, 2.24) is 5.43 Å². The van der Waals surface area contributed by atoms with Crippen molar-refractivity contribution in [3.63, 3.8) is 0 Å². The van der Waals surface area contributed by atoms with Crippen LogP contribution in [-0.4, -0.2) is 18.4 Å². The number of hydrogen-bond donors (Lipinski definition) is 1. The topological polar surface area (TPSA) is 50.7 Å². The molecule has 0 radical (unpaired) electrons. The molecular formula is C11H14N2O2. The van der Waals surface area contributed by atoms with Crippen LogP contribution in [0.1, 0.15) is 19.4 Å². The number of ether oxygens (including phenoxy) is 1. The van der Waals surface area contributed by atoms with Gasteiger partial charge in [-0.05, 0) is 19.4 Å². The van der Waals surface area contributed by atoms with E-state index in [1.54, 1.807) is 6.92 Å². The Morgan fingerprint density at radius 3 is 2.67 bits per heavy atom. The van der Waals surface area contributed by atoms with Crippen LogP contribution in [-0.2, 0) is 4.74 Å². The molecule has 1 N–H and O–H groups in total. The van der Waals surface area contributed by atoms with Crippen LogP contribution in [0.3, 0.4) is 0 Å². The summed E-state index contributed by atoms with van der Waals surface area (Å²) in [7, 11) is 0. The van der Waals surface area contributed by atoms with Crippen LogP contribution in [0.5, 0.6) is 0 Å². The second-order valence-corrected chi connectivity index (χ2v) is 2.90. The van der Waals surface area contributed by atoms with Crippen molar-refractivity contribution in [2.75, 3.05) is 6.61 Å². The van der Waals surface area contributed by atoms with E-state index in [4.69, 9.17) is 0 Å². The van der Waals surface area contributed by atoms with Gasteiger partial charge in [0, 0.05) is 0 Å². The summed E-state index contributed by atoms with van der Waals surface area (Å²) < 4.78 is 4.67. The third-order valence-corrected chi connectivity index (χ3v) is 1.78. The van der Waals surface area contributed by atoms with Crippen LogP contribution in [0.15, 0.2) is 35.4 Å². The fourth-order valence-corrected chi connectivity index (χ4v) is 1.04. The Bertz CT molecular complexity index is 347. The van der Waals surface area contributed by atoms with Crippen molar-refractivity contribution in [2.24, 2.45) is 5.10 Å². The van der Waals surface area contributed by atoms with Gasteiger partial charge in [-0.3, -0.25) is 0 Å². The third-order valence-electron chi connectivity index (χ3n) is 1.78. The molecule has 0 fully saturated rings. The Labute approximate surface area is 88.9 Å². The van der Waals surface area contributed by atoms with Gasteiger partial charge in [-0.2, -0.15) is 5.10 Å². The predicted octanol–water partition coefficient (Wildman–Crippen LogP) is 2.16. The van der Waals surface area contributed by atoms with E-state index in [0.717, 1.165) is 11.3 Å². The van der Waals surface area contributed by atoms with Crippen molar-refractivity contribution >= 4 is 11.8 Å². The van der Waals surface area contributed by atoms with Crippen molar-refractivity contribution in [2.45, 2.75) is 13.8 Å². The van der Waals surface area contributed by atoms with Gasteiger partial charge in [0.15, 0.2) is 0 Å². The molecule has 1 aromatic carbocycles. The first-order valence-electron chi connectivity index (χ1n) is 4.76. The number of nitrogens with one attached hydrogen (secondary N) is 1. The fraction of sp³-hybridized carbons (Fsp3) is 0.273. The predicted molar refractivity (Wildman–Crippen MR) is 58.8 cm³/mol. The number of carbonyl (C=O) groups excluding carboxylic acids is 1. The second kappa shape index (κ2) is 5.80. The standard InChI is InChI=1S/C11H14N2O2/c1-3-15-11(14)13-12-9(2)10-7-5-4-6-8-10/h4-8H,3H2,1-2H3,(H,13,14)/b12-9+. The largest absolute Gasteiger partial charge is 0.449 e. The van der Waals surface area contributed by atoms with Gasteiger partial charge in [0.25, 0.3) is 0 Å². The quantitative estimate of drug-likeness (QED) is 0.608. The van der Waals surface area contributed by atoms with E-state index in [0.29, 0.717) is 6.61 Å². The molecule has 0 saturated carbocycles. The molecule has 1 aromatic rings. The number of rotatable bonds is 3. The Kier molecular flexibility index (Phi) is 4.34. The molecule has 15 heavy (non-hydrogen) atoms. The summed E-state index contributed by atoms with van der Waals surface area (Å²) in [5.74, 6) is 0. The molecule has 0 unspecified atom stereocenters. The van der Waals surface area contributed by atoms with Gasteiger partial charge in [-0.1, -0.05) is 30.3 Å². The highest BCUT2D eigenvalue weighted by atomic mass is 16.5. The minimum absolute atomic E-state index is 0.339. The molecule has 1 rings (SSSR count). The zero-order valence-corrected chi connectivity index (χ0v) is 8.86. The summed E-state index contributed by atoms with van der Waals surface area (Å²) in [5, 5.41) is 3.91. The van der Waals surface area contributed by atoms with Crippen LogP contribution >= 0.6 is 0 Å². The summed E-state index contributed by atoms with van der Waals surface area (Å²) in [6.45, 7) is 3.90. The number of hydrazone groups is 1. The molecule has 0 aromatic heterocycles. The van der Waals surface area contributed by atoms with E-state index in [2.05, 4.69) is 15.3 Å².